The van der Waals surface area contributed by atoms with Crippen LogP contribution < -0.4 is 28.0 Å². The molecular weight excluding hydrogens is 297 g/mol. The van der Waals surface area contributed by atoms with Crippen molar-refractivity contribution in [2.24, 2.45) is 5.73 Å². The predicted molar refractivity (Wildman–Crippen MR) is 70.2 cm³/mol. The second-order valence-corrected chi connectivity index (χ2v) is 4.16. The maximum atomic E-state index is 13.4. The average molecular weight is 310 g/mol. The molecule has 0 unspecified atom stereocenters. The Hall–Kier alpha value is -2.47. The maximum Gasteiger partial charge on any atom is 0.290 e. The molecule has 0 atom stereocenters. The number of halogens is 2. The van der Waals surface area contributed by atoms with E-state index in [1.54, 1.807) is 24.4 Å². The van der Waals surface area contributed by atoms with Gasteiger partial charge in [-0.15, -0.1) is 0 Å². The van der Waals surface area contributed by atoms with Crippen LogP contribution in [-0.2, 0) is 11.3 Å². The molecule has 0 aliphatic carbocycles. The number of anilines is 1. The first-order valence-electron chi connectivity index (χ1n) is 5.89. The summed E-state index contributed by atoms with van der Waals surface area (Å²) in [6.07, 6.45) is 3.08. The van der Waals surface area contributed by atoms with Crippen LogP contribution in [0.3, 0.4) is 0 Å². The molecule has 2 amide bonds. The Kier molecular flexibility index (Phi) is 5.80. The van der Waals surface area contributed by atoms with Crippen LogP contribution in [0.15, 0.2) is 48.8 Å². The van der Waals surface area contributed by atoms with E-state index in [1.165, 1.54) is 29.0 Å². The number of rotatable bonds is 4. The fourth-order valence-electron chi connectivity index (χ4n) is 1.68. The molecular formula is C14H13ClFN3O2. The highest BCUT2D eigenvalue weighted by Gasteiger charge is 2.13. The highest BCUT2D eigenvalue weighted by molar-refractivity contribution is 5.92. The summed E-state index contributed by atoms with van der Waals surface area (Å²) in [7, 11) is 0. The molecule has 2 aromatic rings. The number of carbonyl (C=O) groups excluding carboxylic acids is 2. The van der Waals surface area contributed by atoms with Gasteiger partial charge in [0, 0.05) is 6.07 Å². The standard InChI is InChI=1S/C14H12FN3O2.ClH/c15-11-5-1-2-6-12(11)17-13(19)9-18-7-3-4-10(8-18)14(16)20;/h1-8H,9H2,(H2-,16,17,19,20);1H. The van der Waals surface area contributed by atoms with Crippen LogP contribution in [0.4, 0.5) is 10.1 Å². The molecule has 0 spiro atoms. The minimum absolute atomic E-state index is 0. The summed E-state index contributed by atoms with van der Waals surface area (Å²) in [5.74, 6) is -1.48. The van der Waals surface area contributed by atoms with Gasteiger partial charge in [-0.2, -0.15) is 4.57 Å². The smallest absolute Gasteiger partial charge is 0.290 e. The predicted octanol–water partition coefficient (Wildman–Crippen LogP) is -2.15. The van der Waals surface area contributed by atoms with Crippen LogP contribution in [0, 0.1) is 5.82 Å². The lowest BCUT2D eigenvalue weighted by Crippen LogP contribution is -3.00. The van der Waals surface area contributed by atoms with Crippen LogP contribution in [0.5, 0.6) is 0 Å². The third-order valence-electron chi connectivity index (χ3n) is 2.62. The number of hydrogen-bond donors (Lipinski definition) is 2. The Morgan fingerprint density at radius 3 is 2.57 bits per heavy atom. The van der Waals surface area contributed by atoms with E-state index in [0.717, 1.165) is 0 Å². The summed E-state index contributed by atoms with van der Waals surface area (Å²) in [4.78, 5) is 22.8. The average Bonchev–Trinajstić information content (AvgIpc) is 2.41. The zero-order chi connectivity index (χ0) is 14.5. The molecule has 0 bridgehead atoms. The third-order valence-corrected chi connectivity index (χ3v) is 2.62. The Balaban J connectivity index is 0.00000220. The first-order chi connectivity index (χ1) is 9.56. The molecule has 5 nitrogen and oxygen atoms in total. The third kappa shape index (κ3) is 4.54. The number of nitrogens with two attached hydrogens (primary N) is 1. The largest absolute Gasteiger partial charge is 1.00 e. The molecule has 110 valence electrons. The van der Waals surface area contributed by atoms with E-state index in [2.05, 4.69) is 5.32 Å². The second kappa shape index (κ2) is 7.35. The molecule has 1 aromatic heterocycles. The zero-order valence-corrected chi connectivity index (χ0v) is 11.7. The normalized spacial score (nSPS) is 9.57. The van der Waals surface area contributed by atoms with Crippen molar-refractivity contribution in [2.75, 3.05) is 5.32 Å². The Morgan fingerprint density at radius 1 is 1.19 bits per heavy atom. The van der Waals surface area contributed by atoms with E-state index >= 15 is 0 Å². The fraction of sp³-hybridized carbons (Fsp3) is 0.0714. The molecule has 7 heteroatoms. The second-order valence-electron chi connectivity index (χ2n) is 4.16. The SMILES string of the molecule is NC(=O)c1ccc[n+](CC(=O)Nc2ccccc2F)c1.[Cl-]. The van der Waals surface area contributed by atoms with Crippen LogP contribution >= 0.6 is 0 Å². The number of para-hydroxylation sites is 1. The topological polar surface area (TPSA) is 76.1 Å². The summed E-state index contributed by atoms with van der Waals surface area (Å²) < 4.78 is 14.9. The molecule has 0 aliphatic heterocycles. The van der Waals surface area contributed by atoms with Gasteiger partial charge in [-0.1, -0.05) is 12.1 Å². The van der Waals surface area contributed by atoms with Gasteiger partial charge in [0.25, 0.3) is 11.8 Å². The Bertz CT molecular complexity index is 664. The van der Waals surface area contributed by atoms with Gasteiger partial charge in [0.1, 0.15) is 11.4 Å². The van der Waals surface area contributed by atoms with Crippen LogP contribution in [0.25, 0.3) is 0 Å². The van der Waals surface area contributed by atoms with Gasteiger partial charge in [0.2, 0.25) is 6.54 Å². The number of hydrogen-bond acceptors (Lipinski definition) is 2. The van der Waals surface area contributed by atoms with Crippen molar-refractivity contribution in [3.8, 4) is 0 Å². The molecule has 21 heavy (non-hydrogen) atoms. The highest BCUT2D eigenvalue weighted by Crippen LogP contribution is 2.11. The van der Waals surface area contributed by atoms with Crippen LogP contribution in [0.2, 0.25) is 0 Å². The Labute approximate surface area is 127 Å². The summed E-state index contributed by atoms with van der Waals surface area (Å²) in [6, 6.07) is 9.05. The molecule has 1 heterocycles. The Morgan fingerprint density at radius 2 is 1.90 bits per heavy atom. The molecule has 1 aromatic carbocycles. The number of benzene rings is 1. The molecule has 3 N–H and O–H groups in total. The summed E-state index contributed by atoms with van der Waals surface area (Å²) in [5, 5.41) is 2.46. The first kappa shape index (κ1) is 16.6. The van der Waals surface area contributed by atoms with Gasteiger partial charge in [-0.05, 0) is 18.2 Å². The zero-order valence-electron chi connectivity index (χ0n) is 10.9. The molecule has 2 rings (SSSR count). The van der Waals surface area contributed by atoms with Crippen molar-refractivity contribution < 1.29 is 31.0 Å². The van der Waals surface area contributed by atoms with Gasteiger partial charge < -0.3 is 23.5 Å². The van der Waals surface area contributed by atoms with Gasteiger partial charge in [-0.25, -0.2) is 4.39 Å². The summed E-state index contributed by atoms with van der Waals surface area (Å²) in [6.45, 7) is -0.0462. The number of pyridine rings is 1. The van der Waals surface area contributed by atoms with Crippen molar-refractivity contribution in [3.05, 3.63) is 60.2 Å². The van der Waals surface area contributed by atoms with E-state index in [-0.39, 0.29) is 24.6 Å². The lowest BCUT2D eigenvalue weighted by Gasteiger charge is -2.04. The van der Waals surface area contributed by atoms with E-state index in [9.17, 15) is 14.0 Å². The summed E-state index contributed by atoms with van der Waals surface area (Å²) >= 11 is 0. The summed E-state index contributed by atoms with van der Waals surface area (Å²) in [5.41, 5.74) is 5.57. The van der Waals surface area contributed by atoms with E-state index in [4.69, 9.17) is 5.73 Å². The van der Waals surface area contributed by atoms with E-state index < -0.39 is 17.6 Å². The van der Waals surface area contributed by atoms with Crippen molar-refractivity contribution in [1.82, 2.24) is 0 Å². The van der Waals surface area contributed by atoms with Gasteiger partial charge >= 0.3 is 0 Å². The van der Waals surface area contributed by atoms with Gasteiger partial charge in [-0.3, -0.25) is 9.59 Å². The van der Waals surface area contributed by atoms with Crippen molar-refractivity contribution in [2.45, 2.75) is 6.54 Å². The number of primary amides is 1. The van der Waals surface area contributed by atoms with Crippen LogP contribution in [0.1, 0.15) is 10.4 Å². The van der Waals surface area contributed by atoms with Crippen molar-refractivity contribution >= 4 is 17.5 Å². The van der Waals surface area contributed by atoms with E-state index in [1.807, 2.05) is 0 Å². The molecule has 0 saturated heterocycles. The van der Waals surface area contributed by atoms with E-state index in [0.29, 0.717) is 5.56 Å². The molecule has 0 radical (unpaired) electrons. The van der Waals surface area contributed by atoms with Gasteiger partial charge in [0.15, 0.2) is 12.4 Å². The molecule has 0 fully saturated rings. The number of nitrogens with one attached hydrogen (secondary N) is 1. The quantitative estimate of drug-likeness (QED) is 0.632. The minimum atomic E-state index is -0.575. The minimum Gasteiger partial charge on any atom is -1.00 e. The monoisotopic (exact) mass is 309 g/mol. The number of aromatic nitrogens is 1. The lowest BCUT2D eigenvalue weighted by atomic mass is 10.2. The first-order valence-corrected chi connectivity index (χ1v) is 5.89. The van der Waals surface area contributed by atoms with Crippen molar-refractivity contribution in [3.63, 3.8) is 0 Å². The lowest BCUT2D eigenvalue weighted by molar-refractivity contribution is -0.684. The van der Waals surface area contributed by atoms with Crippen LogP contribution in [-0.4, -0.2) is 11.8 Å². The number of carbonyl (C=O) groups is 2. The number of amides is 2. The molecule has 0 saturated carbocycles. The maximum absolute atomic E-state index is 13.4. The van der Waals surface area contributed by atoms with Crippen molar-refractivity contribution in [1.29, 1.82) is 0 Å². The number of nitrogens with zero attached hydrogens (tertiary/aromatic N) is 1. The molecule has 0 aliphatic rings. The highest BCUT2D eigenvalue weighted by atomic mass is 35.5. The fourth-order valence-corrected chi connectivity index (χ4v) is 1.68. The van der Waals surface area contributed by atoms with Gasteiger partial charge in [0.05, 0.1) is 5.69 Å².